The monoisotopic (exact) mass is 207 g/mol. The summed E-state index contributed by atoms with van der Waals surface area (Å²) in [5, 5.41) is 0. The van der Waals surface area contributed by atoms with Crippen molar-refractivity contribution in [1.82, 2.24) is 0 Å². The second-order valence-electron chi connectivity index (χ2n) is 4.38. The van der Waals surface area contributed by atoms with Gasteiger partial charge in [-0.2, -0.15) is 0 Å². The Morgan fingerprint density at radius 2 is 1.67 bits per heavy atom. The van der Waals surface area contributed by atoms with E-state index in [-0.39, 0.29) is 5.82 Å². The van der Waals surface area contributed by atoms with Crippen molar-refractivity contribution < 1.29 is 4.39 Å². The summed E-state index contributed by atoms with van der Waals surface area (Å²) >= 11 is 0. The zero-order chi connectivity index (χ0) is 10.7. The van der Waals surface area contributed by atoms with E-state index < -0.39 is 0 Å². The van der Waals surface area contributed by atoms with Crippen molar-refractivity contribution >= 4 is 5.69 Å². The average molecular weight is 207 g/mol. The van der Waals surface area contributed by atoms with E-state index in [0.717, 1.165) is 5.69 Å². The Labute approximate surface area is 90.9 Å². The molecule has 1 aromatic rings. The lowest BCUT2D eigenvalue weighted by molar-refractivity contribution is 0.427. The van der Waals surface area contributed by atoms with Crippen LogP contribution in [0.25, 0.3) is 0 Å². The van der Waals surface area contributed by atoms with Crippen LogP contribution < -0.4 is 4.90 Å². The molecule has 0 unspecified atom stereocenters. The molecular formula is C13H18FN. The lowest BCUT2D eigenvalue weighted by Gasteiger charge is -2.32. The van der Waals surface area contributed by atoms with Gasteiger partial charge in [-0.15, -0.1) is 0 Å². The Bertz CT molecular complexity index is 301. The van der Waals surface area contributed by atoms with Crippen molar-refractivity contribution in [1.29, 1.82) is 0 Å². The van der Waals surface area contributed by atoms with Crippen LogP contribution in [-0.4, -0.2) is 13.1 Å². The molecule has 2 heteroatoms. The highest BCUT2D eigenvalue weighted by Gasteiger charge is 2.17. The van der Waals surface area contributed by atoms with E-state index in [9.17, 15) is 4.39 Å². The normalized spacial score (nSPS) is 17.7. The molecule has 15 heavy (non-hydrogen) atoms. The molecular weight excluding hydrogens is 189 g/mol. The molecule has 1 fully saturated rings. The quantitative estimate of drug-likeness (QED) is 0.716. The molecule has 0 heterocycles. The van der Waals surface area contributed by atoms with E-state index >= 15 is 0 Å². The number of hydrogen-bond acceptors (Lipinski definition) is 1. The molecule has 0 aromatic heterocycles. The molecule has 0 aliphatic heterocycles. The minimum atomic E-state index is -0.157. The van der Waals surface area contributed by atoms with Crippen LogP contribution in [0.4, 0.5) is 10.1 Å². The minimum absolute atomic E-state index is 0.157. The summed E-state index contributed by atoms with van der Waals surface area (Å²) in [5.41, 5.74) is 1.13. The van der Waals surface area contributed by atoms with Gasteiger partial charge in [0.1, 0.15) is 5.82 Å². The third-order valence-corrected chi connectivity index (χ3v) is 3.36. The average Bonchev–Trinajstić information content (AvgIpc) is 2.30. The number of halogens is 1. The summed E-state index contributed by atoms with van der Waals surface area (Å²) in [4.78, 5) is 2.29. The number of rotatable bonds is 2. The molecule has 0 atom stereocenters. The van der Waals surface area contributed by atoms with Crippen molar-refractivity contribution in [2.45, 2.75) is 38.1 Å². The number of hydrogen-bond donors (Lipinski definition) is 0. The van der Waals surface area contributed by atoms with Gasteiger partial charge in [0.05, 0.1) is 0 Å². The summed E-state index contributed by atoms with van der Waals surface area (Å²) < 4.78 is 12.8. The minimum Gasteiger partial charge on any atom is -0.372 e. The zero-order valence-electron chi connectivity index (χ0n) is 9.25. The highest BCUT2D eigenvalue weighted by molar-refractivity contribution is 5.46. The van der Waals surface area contributed by atoms with Gasteiger partial charge in [0.2, 0.25) is 0 Å². The topological polar surface area (TPSA) is 3.24 Å². The fraction of sp³-hybridized carbons (Fsp3) is 0.538. The maximum atomic E-state index is 12.8. The Hall–Kier alpha value is -1.05. The van der Waals surface area contributed by atoms with E-state index in [0.29, 0.717) is 6.04 Å². The molecule has 0 N–H and O–H groups in total. The highest BCUT2D eigenvalue weighted by Crippen LogP contribution is 2.25. The summed E-state index contributed by atoms with van der Waals surface area (Å²) in [6, 6.07) is 7.45. The number of anilines is 1. The van der Waals surface area contributed by atoms with Crippen molar-refractivity contribution in [3.8, 4) is 0 Å². The summed E-state index contributed by atoms with van der Waals surface area (Å²) in [7, 11) is 2.11. The summed E-state index contributed by atoms with van der Waals surface area (Å²) in [6.45, 7) is 0. The molecule has 1 saturated carbocycles. The Kier molecular flexibility index (Phi) is 3.24. The van der Waals surface area contributed by atoms with Gasteiger partial charge in [0.25, 0.3) is 0 Å². The van der Waals surface area contributed by atoms with Crippen LogP contribution >= 0.6 is 0 Å². The molecule has 2 rings (SSSR count). The molecule has 1 aromatic carbocycles. The van der Waals surface area contributed by atoms with Gasteiger partial charge in [-0.05, 0) is 37.1 Å². The second-order valence-corrected chi connectivity index (χ2v) is 4.38. The number of benzene rings is 1. The first-order valence-corrected chi connectivity index (χ1v) is 5.76. The van der Waals surface area contributed by atoms with Crippen LogP contribution in [-0.2, 0) is 0 Å². The standard InChI is InChI=1S/C13H18FN/c1-15(12-5-3-2-4-6-12)13-9-7-11(14)8-10-13/h7-10,12H,2-6H2,1H3. The first-order valence-electron chi connectivity index (χ1n) is 5.76. The predicted molar refractivity (Wildman–Crippen MR) is 61.7 cm³/mol. The smallest absolute Gasteiger partial charge is 0.123 e. The molecule has 1 aliphatic carbocycles. The van der Waals surface area contributed by atoms with Crippen molar-refractivity contribution in [2.24, 2.45) is 0 Å². The van der Waals surface area contributed by atoms with Crippen molar-refractivity contribution in [2.75, 3.05) is 11.9 Å². The van der Waals surface area contributed by atoms with E-state index in [2.05, 4.69) is 11.9 Å². The van der Waals surface area contributed by atoms with Crippen LogP contribution in [0, 0.1) is 5.82 Å². The van der Waals surface area contributed by atoms with Gasteiger partial charge in [0.15, 0.2) is 0 Å². The lowest BCUT2D eigenvalue weighted by Crippen LogP contribution is -2.33. The van der Waals surface area contributed by atoms with Gasteiger partial charge in [-0.1, -0.05) is 19.3 Å². The van der Waals surface area contributed by atoms with Crippen LogP contribution in [0.5, 0.6) is 0 Å². The van der Waals surface area contributed by atoms with E-state index in [1.807, 2.05) is 12.1 Å². The van der Waals surface area contributed by atoms with Gasteiger partial charge in [-0.3, -0.25) is 0 Å². The Balaban J connectivity index is 2.05. The summed E-state index contributed by atoms with van der Waals surface area (Å²) in [5.74, 6) is -0.157. The van der Waals surface area contributed by atoms with E-state index in [1.165, 1.54) is 44.2 Å². The molecule has 1 aliphatic rings. The predicted octanol–water partition coefficient (Wildman–Crippen LogP) is 3.59. The maximum absolute atomic E-state index is 12.8. The van der Waals surface area contributed by atoms with Crippen LogP contribution in [0.1, 0.15) is 32.1 Å². The lowest BCUT2D eigenvalue weighted by atomic mass is 9.94. The van der Waals surface area contributed by atoms with E-state index in [4.69, 9.17) is 0 Å². The maximum Gasteiger partial charge on any atom is 0.123 e. The molecule has 0 saturated heterocycles. The largest absolute Gasteiger partial charge is 0.372 e. The molecule has 0 radical (unpaired) electrons. The van der Waals surface area contributed by atoms with Crippen LogP contribution in [0.15, 0.2) is 24.3 Å². The summed E-state index contributed by atoms with van der Waals surface area (Å²) in [6.07, 6.45) is 6.57. The van der Waals surface area contributed by atoms with Gasteiger partial charge in [-0.25, -0.2) is 4.39 Å². The molecule has 0 amide bonds. The highest BCUT2D eigenvalue weighted by atomic mass is 19.1. The Morgan fingerprint density at radius 3 is 2.27 bits per heavy atom. The van der Waals surface area contributed by atoms with Crippen LogP contribution in [0.2, 0.25) is 0 Å². The third-order valence-electron chi connectivity index (χ3n) is 3.36. The molecule has 1 nitrogen and oxygen atoms in total. The number of nitrogens with zero attached hydrogens (tertiary/aromatic N) is 1. The fourth-order valence-corrected chi connectivity index (χ4v) is 2.36. The molecule has 0 spiro atoms. The SMILES string of the molecule is CN(c1ccc(F)cc1)C1CCCCC1. The van der Waals surface area contributed by atoms with Gasteiger partial charge in [0, 0.05) is 18.8 Å². The van der Waals surface area contributed by atoms with Crippen molar-refractivity contribution in [3.63, 3.8) is 0 Å². The second kappa shape index (κ2) is 4.65. The van der Waals surface area contributed by atoms with Gasteiger partial charge >= 0.3 is 0 Å². The van der Waals surface area contributed by atoms with Crippen molar-refractivity contribution in [3.05, 3.63) is 30.1 Å². The third kappa shape index (κ3) is 2.49. The molecule has 0 bridgehead atoms. The fourth-order valence-electron chi connectivity index (χ4n) is 2.36. The Morgan fingerprint density at radius 1 is 1.07 bits per heavy atom. The first-order chi connectivity index (χ1) is 7.27. The van der Waals surface area contributed by atoms with Crippen LogP contribution in [0.3, 0.4) is 0 Å². The van der Waals surface area contributed by atoms with Gasteiger partial charge < -0.3 is 4.90 Å². The first kappa shape index (κ1) is 10.5. The molecule has 82 valence electrons. The van der Waals surface area contributed by atoms with E-state index in [1.54, 1.807) is 0 Å². The zero-order valence-corrected chi connectivity index (χ0v) is 9.25.